The molecule has 1 aromatic heterocycles. The van der Waals surface area contributed by atoms with Gasteiger partial charge in [-0.1, -0.05) is 53.7 Å². The molecule has 25 heavy (non-hydrogen) atoms. The van der Waals surface area contributed by atoms with Crippen molar-refractivity contribution in [1.29, 1.82) is 0 Å². The third kappa shape index (κ3) is 3.88. The van der Waals surface area contributed by atoms with Crippen molar-refractivity contribution < 1.29 is 9.26 Å². The lowest BCUT2D eigenvalue weighted by molar-refractivity contribution is 0.233. The fourth-order valence-electron chi connectivity index (χ4n) is 3.15. The summed E-state index contributed by atoms with van der Waals surface area (Å²) in [6, 6.07) is 19.9. The Morgan fingerprint density at radius 3 is 2.60 bits per heavy atom. The molecule has 5 heteroatoms. The summed E-state index contributed by atoms with van der Waals surface area (Å²) in [6.07, 6.45) is 1.04. The molecular weight excluding hydrogens is 314 g/mol. The molecule has 0 saturated carbocycles. The largest absolute Gasteiger partial charge is 0.492 e. The molecule has 5 nitrogen and oxygen atoms in total. The molecule has 2 heterocycles. The fraction of sp³-hybridized carbons (Fsp3) is 0.300. The van der Waals surface area contributed by atoms with E-state index in [1.54, 1.807) is 0 Å². The minimum atomic E-state index is 0.307. The molecule has 0 aliphatic carbocycles. The number of rotatable bonds is 6. The van der Waals surface area contributed by atoms with Crippen LogP contribution < -0.4 is 4.74 Å². The van der Waals surface area contributed by atoms with Gasteiger partial charge in [0.2, 0.25) is 11.7 Å². The van der Waals surface area contributed by atoms with Crippen molar-refractivity contribution in [2.75, 3.05) is 26.2 Å². The summed E-state index contributed by atoms with van der Waals surface area (Å²) in [7, 11) is 0. The van der Waals surface area contributed by atoms with Gasteiger partial charge in [0.15, 0.2) is 0 Å². The van der Waals surface area contributed by atoms with Crippen LogP contribution in [0.1, 0.15) is 18.2 Å². The van der Waals surface area contributed by atoms with E-state index in [1.807, 2.05) is 60.7 Å². The molecule has 2 aromatic carbocycles. The number of nitrogens with zero attached hydrogens (tertiary/aromatic N) is 3. The van der Waals surface area contributed by atoms with E-state index in [0.717, 1.165) is 43.3 Å². The Hall–Kier alpha value is -2.66. The molecule has 1 fully saturated rings. The number of para-hydroxylation sites is 1. The van der Waals surface area contributed by atoms with Crippen LogP contribution in [0.5, 0.6) is 5.75 Å². The summed E-state index contributed by atoms with van der Waals surface area (Å²) < 4.78 is 11.3. The Bertz CT molecular complexity index is 789. The van der Waals surface area contributed by atoms with Crippen molar-refractivity contribution in [3.05, 3.63) is 66.6 Å². The fourth-order valence-corrected chi connectivity index (χ4v) is 3.15. The van der Waals surface area contributed by atoms with E-state index < -0.39 is 0 Å². The summed E-state index contributed by atoms with van der Waals surface area (Å²) in [5, 5.41) is 4.13. The lowest BCUT2D eigenvalue weighted by Gasteiger charge is -2.15. The second kappa shape index (κ2) is 7.49. The van der Waals surface area contributed by atoms with E-state index in [0.29, 0.717) is 18.3 Å². The molecule has 0 radical (unpaired) electrons. The second-order valence-corrected chi connectivity index (χ2v) is 6.27. The van der Waals surface area contributed by atoms with E-state index >= 15 is 0 Å². The van der Waals surface area contributed by atoms with Crippen molar-refractivity contribution in [2.45, 2.75) is 12.3 Å². The van der Waals surface area contributed by atoms with Gasteiger partial charge in [-0.2, -0.15) is 4.98 Å². The van der Waals surface area contributed by atoms with Crippen LogP contribution in [-0.2, 0) is 0 Å². The maximum Gasteiger partial charge on any atom is 0.231 e. The molecule has 1 aliphatic heterocycles. The highest BCUT2D eigenvalue weighted by Gasteiger charge is 2.28. The normalized spacial score (nSPS) is 17.7. The van der Waals surface area contributed by atoms with E-state index in [9.17, 15) is 0 Å². The van der Waals surface area contributed by atoms with Crippen LogP contribution in [0.4, 0.5) is 0 Å². The molecule has 0 amide bonds. The number of aromatic nitrogens is 2. The first-order chi connectivity index (χ1) is 12.4. The number of benzene rings is 2. The average molecular weight is 335 g/mol. The predicted molar refractivity (Wildman–Crippen MR) is 95.5 cm³/mol. The van der Waals surface area contributed by atoms with Gasteiger partial charge in [-0.15, -0.1) is 0 Å². The van der Waals surface area contributed by atoms with Crippen LogP contribution in [0.2, 0.25) is 0 Å². The molecular formula is C20H21N3O2. The molecule has 3 aromatic rings. The van der Waals surface area contributed by atoms with E-state index in [1.165, 1.54) is 0 Å². The summed E-state index contributed by atoms with van der Waals surface area (Å²) in [6.45, 7) is 3.57. The lowest BCUT2D eigenvalue weighted by Crippen LogP contribution is -2.26. The monoisotopic (exact) mass is 335 g/mol. The van der Waals surface area contributed by atoms with Crippen molar-refractivity contribution in [1.82, 2.24) is 15.0 Å². The Balaban J connectivity index is 1.30. The average Bonchev–Trinajstić information content (AvgIpc) is 3.33. The Morgan fingerprint density at radius 2 is 1.80 bits per heavy atom. The molecule has 0 N–H and O–H groups in total. The van der Waals surface area contributed by atoms with Crippen LogP contribution in [0.3, 0.4) is 0 Å². The standard InChI is InChI=1S/C20H21N3O2/c1-3-7-16(8-4-1)19-21-20(25-22-19)17-11-12-23(15-17)13-14-24-18-9-5-2-6-10-18/h1-10,17H,11-15H2. The zero-order valence-corrected chi connectivity index (χ0v) is 14.0. The van der Waals surface area contributed by atoms with Crippen molar-refractivity contribution in [3.8, 4) is 17.1 Å². The highest BCUT2D eigenvalue weighted by atomic mass is 16.5. The Kier molecular flexibility index (Phi) is 4.74. The van der Waals surface area contributed by atoms with Gasteiger partial charge in [0, 0.05) is 18.7 Å². The first-order valence-electron chi connectivity index (χ1n) is 8.68. The molecule has 0 bridgehead atoms. The molecule has 1 saturated heterocycles. The summed E-state index contributed by atoms with van der Waals surface area (Å²) in [4.78, 5) is 6.98. The quantitative estimate of drug-likeness (QED) is 0.689. The number of hydrogen-bond acceptors (Lipinski definition) is 5. The summed E-state index contributed by atoms with van der Waals surface area (Å²) in [5.41, 5.74) is 0.989. The molecule has 1 atom stereocenters. The van der Waals surface area contributed by atoms with E-state index in [2.05, 4.69) is 15.0 Å². The third-order valence-electron chi connectivity index (χ3n) is 4.51. The van der Waals surface area contributed by atoms with Gasteiger partial charge >= 0.3 is 0 Å². The Labute approximate surface area is 147 Å². The number of likely N-dealkylation sites (tertiary alicyclic amines) is 1. The van der Waals surface area contributed by atoms with Crippen LogP contribution in [0.25, 0.3) is 11.4 Å². The van der Waals surface area contributed by atoms with E-state index in [-0.39, 0.29) is 0 Å². The summed E-state index contributed by atoms with van der Waals surface area (Å²) >= 11 is 0. The SMILES string of the molecule is c1ccc(OCCN2CCC(c3nc(-c4ccccc4)no3)C2)cc1. The van der Waals surface area contributed by atoms with Crippen LogP contribution in [-0.4, -0.2) is 41.3 Å². The molecule has 4 rings (SSSR count). The highest BCUT2D eigenvalue weighted by Crippen LogP contribution is 2.27. The van der Waals surface area contributed by atoms with Gasteiger partial charge in [-0.05, 0) is 25.1 Å². The first kappa shape index (κ1) is 15.8. The smallest absolute Gasteiger partial charge is 0.231 e. The van der Waals surface area contributed by atoms with Gasteiger partial charge in [-0.3, -0.25) is 4.90 Å². The lowest BCUT2D eigenvalue weighted by atomic mass is 10.1. The molecule has 1 aliphatic rings. The van der Waals surface area contributed by atoms with Crippen molar-refractivity contribution in [2.24, 2.45) is 0 Å². The van der Waals surface area contributed by atoms with Gasteiger partial charge in [-0.25, -0.2) is 0 Å². The van der Waals surface area contributed by atoms with Gasteiger partial charge in [0.1, 0.15) is 12.4 Å². The second-order valence-electron chi connectivity index (χ2n) is 6.27. The maximum absolute atomic E-state index is 5.78. The molecule has 0 spiro atoms. The van der Waals surface area contributed by atoms with Crippen molar-refractivity contribution >= 4 is 0 Å². The first-order valence-corrected chi connectivity index (χ1v) is 8.68. The topological polar surface area (TPSA) is 51.4 Å². The Morgan fingerprint density at radius 1 is 1.04 bits per heavy atom. The van der Waals surface area contributed by atoms with Gasteiger partial charge in [0.05, 0.1) is 5.92 Å². The predicted octanol–water partition coefficient (Wildman–Crippen LogP) is 3.60. The van der Waals surface area contributed by atoms with Crippen LogP contribution in [0.15, 0.2) is 65.2 Å². The summed E-state index contributed by atoms with van der Waals surface area (Å²) in [5.74, 6) is 2.64. The molecule has 128 valence electrons. The van der Waals surface area contributed by atoms with E-state index in [4.69, 9.17) is 9.26 Å². The molecule has 1 unspecified atom stereocenters. The minimum Gasteiger partial charge on any atom is -0.492 e. The van der Waals surface area contributed by atoms with Gasteiger partial charge in [0.25, 0.3) is 0 Å². The highest BCUT2D eigenvalue weighted by molar-refractivity contribution is 5.53. The number of ether oxygens (including phenoxy) is 1. The minimum absolute atomic E-state index is 0.307. The third-order valence-corrected chi connectivity index (χ3v) is 4.51. The maximum atomic E-state index is 5.78. The van der Waals surface area contributed by atoms with Crippen LogP contribution in [0, 0.1) is 0 Å². The zero-order valence-electron chi connectivity index (χ0n) is 14.0. The zero-order chi connectivity index (χ0) is 16.9. The van der Waals surface area contributed by atoms with Crippen LogP contribution >= 0.6 is 0 Å². The van der Waals surface area contributed by atoms with Crippen molar-refractivity contribution in [3.63, 3.8) is 0 Å². The number of hydrogen-bond donors (Lipinski definition) is 0. The van der Waals surface area contributed by atoms with Gasteiger partial charge < -0.3 is 9.26 Å².